The highest BCUT2D eigenvalue weighted by Crippen LogP contribution is 2.31. The molecule has 0 amide bonds. The first kappa shape index (κ1) is 28.8. The van der Waals surface area contributed by atoms with Gasteiger partial charge in [0.25, 0.3) is 0 Å². The molecule has 1 aromatic heterocycles. The van der Waals surface area contributed by atoms with E-state index in [1.807, 2.05) is 51.3 Å². The molecule has 0 radical (unpaired) electrons. The Hall–Kier alpha value is -1.45. The van der Waals surface area contributed by atoms with Crippen LogP contribution in [0, 0.1) is 12.8 Å². The van der Waals surface area contributed by atoms with Gasteiger partial charge in [-0.05, 0) is 70.8 Å². The predicted molar refractivity (Wildman–Crippen MR) is 140 cm³/mol. The molecule has 0 bridgehead atoms. The summed E-state index contributed by atoms with van der Waals surface area (Å²) < 4.78 is 18.0. The lowest BCUT2D eigenvalue weighted by Gasteiger charge is -2.38. The molecule has 2 heterocycles. The molecule has 6 atom stereocenters. The number of aliphatic hydroxyl groups is 2. The van der Waals surface area contributed by atoms with E-state index in [-0.39, 0.29) is 12.3 Å². The summed E-state index contributed by atoms with van der Waals surface area (Å²) in [5.41, 5.74) is 2.80. The lowest BCUT2D eigenvalue weighted by Crippen LogP contribution is -2.52. The van der Waals surface area contributed by atoms with Gasteiger partial charge >= 0.3 is 5.97 Å². The van der Waals surface area contributed by atoms with Crippen molar-refractivity contribution in [2.75, 3.05) is 0 Å². The molecular formula is C26H39NO5S2. The van der Waals surface area contributed by atoms with Gasteiger partial charge in [-0.1, -0.05) is 30.7 Å². The van der Waals surface area contributed by atoms with Crippen LogP contribution >= 0.6 is 11.3 Å². The smallest absolute Gasteiger partial charge is 0.309 e. The number of rotatable bonds is 2. The molecule has 0 fully saturated rings. The number of thiazole rings is 1. The number of aliphatic hydroxyl groups excluding tert-OH is 2. The fourth-order valence-corrected chi connectivity index (χ4v) is 6.23. The van der Waals surface area contributed by atoms with Gasteiger partial charge in [-0.3, -0.25) is 4.79 Å². The lowest BCUT2D eigenvalue weighted by molar-refractivity contribution is -0.149. The summed E-state index contributed by atoms with van der Waals surface area (Å²) in [7, 11) is 0. The Morgan fingerprint density at radius 3 is 2.62 bits per heavy atom. The highest BCUT2D eigenvalue weighted by atomic mass is 32.2. The van der Waals surface area contributed by atoms with E-state index in [0.717, 1.165) is 21.8 Å². The molecule has 1 aliphatic rings. The van der Waals surface area contributed by atoms with Crippen molar-refractivity contribution in [1.82, 2.24) is 4.98 Å². The fourth-order valence-electron chi connectivity index (χ4n) is 3.85. The quantitative estimate of drug-likeness (QED) is 0.340. The summed E-state index contributed by atoms with van der Waals surface area (Å²) in [6, 6.07) is 0. The molecule has 0 saturated heterocycles. The number of aromatic nitrogens is 1. The third-order valence-corrected chi connectivity index (χ3v) is 9.45. The second kappa shape index (κ2) is 12.5. The normalized spacial score (nSPS) is 34.7. The molecule has 6 nitrogen and oxygen atoms in total. The molecule has 0 spiro atoms. The van der Waals surface area contributed by atoms with Gasteiger partial charge in [-0.25, -0.2) is 4.98 Å². The van der Waals surface area contributed by atoms with Crippen LogP contribution in [0.2, 0.25) is 0 Å². The molecule has 0 aromatic carbocycles. The molecule has 2 N–H and O–H groups in total. The zero-order chi connectivity index (χ0) is 25.6. The Kier molecular flexibility index (Phi) is 10.6. The number of carbonyl (C=O) groups is 1. The molecule has 1 unspecified atom stereocenters. The summed E-state index contributed by atoms with van der Waals surface area (Å²) in [5.74, 6) is -0.749. The first-order valence-corrected chi connectivity index (χ1v) is 13.8. The van der Waals surface area contributed by atoms with Gasteiger partial charge in [0.1, 0.15) is 28.3 Å². The molecule has 34 heavy (non-hydrogen) atoms. The minimum absolute atomic E-state index is 0.197. The van der Waals surface area contributed by atoms with Crippen molar-refractivity contribution in [3.8, 4) is 0 Å². The van der Waals surface area contributed by atoms with Crippen molar-refractivity contribution in [2.45, 2.75) is 96.0 Å². The molecule has 1 aliphatic heterocycles. The van der Waals surface area contributed by atoms with Gasteiger partial charge in [-0.15, -0.1) is 11.3 Å². The first-order chi connectivity index (χ1) is 15.8. The topological polar surface area (TPSA) is 103 Å². The van der Waals surface area contributed by atoms with Crippen molar-refractivity contribution in [3.05, 3.63) is 45.5 Å². The van der Waals surface area contributed by atoms with Gasteiger partial charge in [0, 0.05) is 17.7 Å². The highest BCUT2D eigenvalue weighted by Gasteiger charge is 2.46. The van der Waals surface area contributed by atoms with Crippen LogP contribution in [0.15, 0.2) is 34.8 Å². The summed E-state index contributed by atoms with van der Waals surface area (Å²) in [4.78, 5) is 17.3. The number of nitrogens with zero attached hydrogens (tertiary/aromatic N) is 1. The van der Waals surface area contributed by atoms with E-state index in [4.69, 9.17) is 4.74 Å². The Morgan fingerprint density at radius 1 is 1.32 bits per heavy atom. The second-order valence-corrected chi connectivity index (χ2v) is 13.2. The Balaban J connectivity index is 2.36. The van der Waals surface area contributed by atoms with Gasteiger partial charge in [0.05, 0.1) is 17.1 Å². The average molecular weight is 510 g/mol. The van der Waals surface area contributed by atoms with Crippen molar-refractivity contribution in [2.24, 2.45) is 5.92 Å². The molecule has 0 aliphatic carbocycles. The maximum absolute atomic E-state index is 13.3. The van der Waals surface area contributed by atoms with E-state index in [9.17, 15) is 19.6 Å². The van der Waals surface area contributed by atoms with E-state index < -0.39 is 45.5 Å². The zero-order valence-corrected chi connectivity index (χ0v) is 22.9. The van der Waals surface area contributed by atoms with Crippen LogP contribution in [0.4, 0.5) is 0 Å². The number of carbonyl (C=O) groups excluding carboxylic acids is 1. The number of ether oxygens (including phenoxy) is 1. The zero-order valence-electron chi connectivity index (χ0n) is 21.3. The Bertz CT molecular complexity index is 920. The fraction of sp³-hybridized carbons (Fsp3) is 0.615. The van der Waals surface area contributed by atoms with E-state index in [1.165, 1.54) is 0 Å². The lowest BCUT2D eigenvalue weighted by atomic mass is 10.00. The largest absolute Gasteiger partial charge is 0.616 e. The van der Waals surface area contributed by atoms with Crippen LogP contribution in [-0.4, -0.2) is 54.0 Å². The number of cyclic esters (lactones) is 1. The van der Waals surface area contributed by atoms with E-state index in [2.05, 4.69) is 11.1 Å². The Morgan fingerprint density at radius 2 is 2.00 bits per heavy atom. The van der Waals surface area contributed by atoms with Crippen molar-refractivity contribution in [3.63, 3.8) is 0 Å². The number of hydrogen-bond acceptors (Lipinski definition) is 7. The monoisotopic (exact) mass is 509 g/mol. The van der Waals surface area contributed by atoms with Crippen LogP contribution in [0.25, 0.3) is 6.08 Å². The highest BCUT2D eigenvalue weighted by molar-refractivity contribution is 7.93. The summed E-state index contributed by atoms with van der Waals surface area (Å²) in [5, 5.41) is 23.9. The van der Waals surface area contributed by atoms with E-state index >= 15 is 0 Å². The molecule has 8 heteroatoms. The molecule has 1 aromatic rings. The maximum atomic E-state index is 13.3. The second-order valence-electron chi connectivity index (χ2n) is 9.75. The summed E-state index contributed by atoms with van der Waals surface area (Å²) in [6.45, 7) is 12.8. The van der Waals surface area contributed by atoms with Crippen LogP contribution in [0.3, 0.4) is 0 Å². The average Bonchev–Trinajstić information content (AvgIpc) is 3.18. The molecule has 190 valence electrons. The van der Waals surface area contributed by atoms with E-state index in [1.54, 1.807) is 32.1 Å². The van der Waals surface area contributed by atoms with Crippen molar-refractivity contribution < 1.29 is 24.3 Å². The van der Waals surface area contributed by atoms with Crippen LogP contribution in [0.5, 0.6) is 0 Å². The van der Waals surface area contributed by atoms with E-state index in [0.29, 0.717) is 12.8 Å². The van der Waals surface area contributed by atoms with Crippen molar-refractivity contribution >= 4 is 34.6 Å². The number of esters is 1. The SMILES string of the molecule is C/C1=C/C[C@@H](/C(C)=C/c2csc(C)n2)OC(=O)C[C@@H](O)C(C)(C)[S+]([O-])[C@H](C)[C@@H](O)[C@@H](C)/C=C\C1. The number of allylic oxidation sites excluding steroid dienone is 2. The van der Waals surface area contributed by atoms with Gasteiger partial charge < -0.3 is 19.5 Å². The van der Waals surface area contributed by atoms with Crippen LogP contribution in [-0.2, 0) is 20.7 Å². The van der Waals surface area contributed by atoms with Gasteiger partial charge in [0.2, 0.25) is 0 Å². The van der Waals surface area contributed by atoms with Crippen LogP contribution in [0.1, 0.15) is 71.5 Å². The molecule has 0 saturated carbocycles. The number of hydrogen-bond donors (Lipinski definition) is 2. The van der Waals surface area contributed by atoms with Gasteiger partial charge in [0.15, 0.2) is 0 Å². The standard InChI is InChI=1S/C26H39NO5S2/c1-16-9-8-10-17(2)25(30)19(4)34(31)26(6,7)23(28)14-24(29)32-22(12-11-16)18(3)13-21-15-33-20(5)27-21/h8,10-11,13,15,17,19,22-23,25,28,30H,9,12,14H2,1-7H3/b10-8-,16-11-,18-13+/t17-,19+,22-,23+,25-,34?/m0/s1. The minimum Gasteiger partial charge on any atom is -0.616 e. The summed E-state index contributed by atoms with van der Waals surface area (Å²) >= 11 is -0.0314. The third kappa shape index (κ3) is 7.78. The third-order valence-electron chi connectivity index (χ3n) is 6.39. The molecular weight excluding hydrogens is 470 g/mol. The molecule has 2 rings (SSSR count). The Labute approximate surface area is 211 Å². The summed E-state index contributed by atoms with van der Waals surface area (Å²) in [6.07, 6.45) is 6.32. The maximum Gasteiger partial charge on any atom is 0.309 e. The predicted octanol–water partition coefficient (Wildman–Crippen LogP) is 4.73. The minimum atomic E-state index is -1.59. The number of aryl methyl sites for hydroxylation is 1. The van der Waals surface area contributed by atoms with Crippen LogP contribution < -0.4 is 0 Å². The first-order valence-electron chi connectivity index (χ1n) is 11.7. The van der Waals surface area contributed by atoms with Crippen molar-refractivity contribution in [1.29, 1.82) is 0 Å². The van der Waals surface area contributed by atoms with Gasteiger partial charge in [-0.2, -0.15) is 0 Å².